The molecule has 1 rings (SSSR count). The predicted octanol–water partition coefficient (Wildman–Crippen LogP) is 3.15. The molecule has 0 aromatic heterocycles. The van der Waals surface area contributed by atoms with E-state index in [1.165, 1.54) is 5.56 Å². The van der Waals surface area contributed by atoms with Crippen molar-refractivity contribution in [2.45, 2.75) is 33.1 Å². The van der Waals surface area contributed by atoms with Gasteiger partial charge in [-0.05, 0) is 23.6 Å². The predicted molar refractivity (Wildman–Crippen MR) is 101 cm³/mol. The fourth-order valence-electron chi connectivity index (χ4n) is 1.78. The van der Waals surface area contributed by atoms with Crippen molar-refractivity contribution in [2.75, 3.05) is 20.2 Å². The monoisotopic (exact) mass is 405 g/mol. The summed E-state index contributed by atoms with van der Waals surface area (Å²) in [5.74, 6) is 1.93. The number of nitrogens with zero attached hydrogens (tertiary/aromatic N) is 1. The second-order valence-electron chi connectivity index (χ2n) is 6.09. The first-order valence-corrected chi connectivity index (χ1v) is 7.03. The molecule has 3 N–H and O–H groups in total. The number of aliphatic imine (C=N–C) groups is 1. The zero-order valence-electron chi connectivity index (χ0n) is 13.6. The topological polar surface area (TPSA) is 59.6 Å². The average molecular weight is 405 g/mol. The molecule has 21 heavy (non-hydrogen) atoms. The van der Waals surface area contributed by atoms with Crippen molar-refractivity contribution in [3.05, 3.63) is 29.8 Å². The molecule has 5 heteroatoms. The van der Waals surface area contributed by atoms with Gasteiger partial charge in [-0.1, -0.05) is 39.8 Å². The maximum atomic E-state index is 5.88. The van der Waals surface area contributed by atoms with Crippen LogP contribution in [0, 0.1) is 5.92 Å². The molecule has 120 valence electrons. The summed E-state index contributed by atoms with van der Waals surface area (Å²) in [7, 11) is 1.68. The summed E-state index contributed by atoms with van der Waals surface area (Å²) in [6.07, 6.45) is 0. The van der Waals surface area contributed by atoms with Gasteiger partial charge in [-0.25, -0.2) is 0 Å². The molecule has 1 aromatic carbocycles. The number of nitrogens with one attached hydrogen (secondary N) is 1. The van der Waals surface area contributed by atoms with Gasteiger partial charge >= 0.3 is 0 Å². The summed E-state index contributed by atoms with van der Waals surface area (Å²) in [6, 6.07) is 8.09. The maximum absolute atomic E-state index is 5.88. The number of guanidine groups is 1. The Labute approximate surface area is 145 Å². The van der Waals surface area contributed by atoms with E-state index in [1.54, 1.807) is 7.11 Å². The van der Waals surface area contributed by atoms with Crippen LogP contribution in [0.3, 0.4) is 0 Å². The number of hydrogen-bond donors (Lipinski definition) is 2. The number of methoxy groups -OCH3 is 1. The lowest BCUT2D eigenvalue weighted by Crippen LogP contribution is -2.35. The van der Waals surface area contributed by atoms with E-state index in [0.29, 0.717) is 18.4 Å². The Morgan fingerprint density at radius 3 is 2.62 bits per heavy atom. The van der Waals surface area contributed by atoms with Crippen LogP contribution in [-0.2, 0) is 5.41 Å². The van der Waals surface area contributed by atoms with Crippen molar-refractivity contribution in [3.8, 4) is 5.75 Å². The van der Waals surface area contributed by atoms with Gasteiger partial charge < -0.3 is 15.8 Å². The number of benzene rings is 1. The van der Waals surface area contributed by atoms with Crippen LogP contribution in [-0.4, -0.2) is 26.2 Å². The zero-order valence-corrected chi connectivity index (χ0v) is 16.0. The van der Waals surface area contributed by atoms with Gasteiger partial charge in [0.2, 0.25) is 0 Å². The minimum Gasteiger partial charge on any atom is -0.497 e. The van der Waals surface area contributed by atoms with Crippen LogP contribution >= 0.6 is 24.0 Å². The van der Waals surface area contributed by atoms with E-state index >= 15 is 0 Å². The van der Waals surface area contributed by atoms with Gasteiger partial charge in [0.15, 0.2) is 5.96 Å². The molecular weight excluding hydrogens is 377 g/mol. The van der Waals surface area contributed by atoms with Gasteiger partial charge in [0.1, 0.15) is 5.75 Å². The van der Waals surface area contributed by atoms with Crippen LogP contribution < -0.4 is 15.8 Å². The summed E-state index contributed by atoms with van der Waals surface area (Å²) in [5.41, 5.74) is 6.98. The molecule has 0 heterocycles. The van der Waals surface area contributed by atoms with E-state index in [4.69, 9.17) is 10.5 Å². The summed E-state index contributed by atoms with van der Waals surface area (Å²) >= 11 is 0. The van der Waals surface area contributed by atoms with Crippen LogP contribution in [0.15, 0.2) is 29.3 Å². The third-order valence-electron chi connectivity index (χ3n) is 3.19. The smallest absolute Gasteiger partial charge is 0.188 e. The molecule has 1 aromatic rings. The van der Waals surface area contributed by atoms with Crippen LogP contribution in [0.1, 0.15) is 33.3 Å². The minimum absolute atomic E-state index is 0. The standard InChI is InChI=1S/C16H27N3O.HI/c1-12(2)10-18-15(17)19-11-16(3,4)13-7-6-8-14(9-13)20-5;/h6-9,12H,10-11H2,1-5H3,(H3,17,18,19);1H. The number of hydrogen-bond acceptors (Lipinski definition) is 2. The molecule has 0 aliphatic carbocycles. The van der Waals surface area contributed by atoms with E-state index in [1.807, 2.05) is 18.2 Å². The first-order valence-electron chi connectivity index (χ1n) is 7.03. The summed E-state index contributed by atoms with van der Waals surface area (Å²) in [4.78, 5) is 4.44. The lowest BCUT2D eigenvalue weighted by Gasteiger charge is -2.24. The first-order chi connectivity index (χ1) is 9.35. The molecule has 0 fully saturated rings. The number of nitrogens with two attached hydrogens (primary N) is 1. The quantitative estimate of drug-likeness (QED) is 0.434. The van der Waals surface area contributed by atoms with Crippen LogP contribution in [0.4, 0.5) is 0 Å². The maximum Gasteiger partial charge on any atom is 0.188 e. The highest BCUT2D eigenvalue weighted by molar-refractivity contribution is 14.0. The molecule has 0 aliphatic rings. The Bertz CT molecular complexity index is 459. The van der Waals surface area contributed by atoms with Gasteiger partial charge in [-0.3, -0.25) is 4.99 Å². The van der Waals surface area contributed by atoms with Crippen molar-refractivity contribution >= 4 is 29.9 Å². The Kier molecular flexibility index (Phi) is 8.70. The summed E-state index contributed by atoms with van der Waals surface area (Å²) in [5, 5.41) is 3.13. The van der Waals surface area contributed by atoms with Gasteiger partial charge in [-0.2, -0.15) is 0 Å². The second-order valence-corrected chi connectivity index (χ2v) is 6.09. The largest absolute Gasteiger partial charge is 0.497 e. The van der Waals surface area contributed by atoms with Crippen molar-refractivity contribution in [2.24, 2.45) is 16.6 Å². The van der Waals surface area contributed by atoms with Crippen molar-refractivity contribution < 1.29 is 4.74 Å². The van der Waals surface area contributed by atoms with Gasteiger partial charge in [0, 0.05) is 12.0 Å². The van der Waals surface area contributed by atoms with E-state index < -0.39 is 0 Å². The molecule has 0 saturated carbocycles. The Balaban J connectivity index is 0.00000400. The molecule has 0 spiro atoms. The van der Waals surface area contributed by atoms with E-state index in [2.05, 4.69) is 44.1 Å². The molecule has 0 atom stereocenters. The van der Waals surface area contributed by atoms with Crippen molar-refractivity contribution in [1.29, 1.82) is 0 Å². The van der Waals surface area contributed by atoms with Gasteiger partial charge in [-0.15, -0.1) is 24.0 Å². The highest BCUT2D eigenvalue weighted by Gasteiger charge is 2.20. The molecule has 0 aliphatic heterocycles. The normalized spacial score (nSPS) is 12.0. The third kappa shape index (κ3) is 7.02. The van der Waals surface area contributed by atoms with E-state index in [9.17, 15) is 0 Å². The van der Waals surface area contributed by atoms with Gasteiger partial charge in [0.25, 0.3) is 0 Å². The Hall–Kier alpha value is -0.980. The summed E-state index contributed by atoms with van der Waals surface area (Å²) in [6.45, 7) is 10.1. The van der Waals surface area contributed by atoms with Crippen molar-refractivity contribution in [3.63, 3.8) is 0 Å². The summed E-state index contributed by atoms with van der Waals surface area (Å²) < 4.78 is 5.27. The van der Waals surface area contributed by atoms with Crippen LogP contribution in [0.25, 0.3) is 0 Å². The highest BCUT2D eigenvalue weighted by atomic mass is 127. The number of rotatable bonds is 6. The number of halogens is 1. The molecule has 0 amide bonds. The fraction of sp³-hybridized carbons (Fsp3) is 0.562. The molecule has 0 unspecified atom stereocenters. The Morgan fingerprint density at radius 2 is 2.05 bits per heavy atom. The third-order valence-corrected chi connectivity index (χ3v) is 3.19. The molecule has 0 bridgehead atoms. The van der Waals surface area contributed by atoms with E-state index in [0.717, 1.165) is 12.3 Å². The lowest BCUT2D eigenvalue weighted by atomic mass is 9.85. The number of ether oxygens (including phenoxy) is 1. The fourth-order valence-corrected chi connectivity index (χ4v) is 1.78. The Morgan fingerprint density at radius 1 is 1.38 bits per heavy atom. The average Bonchev–Trinajstić information content (AvgIpc) is 2.43. The SMILES string of the molecule is COc1cccc(C(C)(C)CN=C(N)NCC(C)C)c1.I. The molecule has 4 nitrogen and oxygen atoms in total. The lowest BCUT2D eigenvalue weighted by molar-refractivity contribution is 0.412. The second kappa shape index (κ2) is 9.12. The van der Waals surface area contributed by atoms with Gasteiger partial charge in [0.05, 0.1) is 13.7 Å². The molecule has 0 saturated heterocycles. The van der Waals surface area contributed by atoms with E-state index in [-0.39, 0.29) is 29.4 Å². The van der Waals surface area contributed by atoms with Crippen LogP contribution in [0.5, 0.6) is 5.75 Å². The first kappa shape index (κ1) is 20.0. The molecule has 0 radical (unpaired) electrons. The van der Waals surface area contributed by atoms with Crippen LogP contribution in [0.2, 0.25) is 0 Å². The highest BCUT2D eigenvalue weighted by Crippen LogP contribution is 2.26. The zero-order chi connectivity index (χ0) is 15.2. The molecular formula is C16H28IN3O. The van der Waals surface area contributed by atoms with Crippen molar-refractivity contribution in [1.82, 2.24) is 5.32 Å². The minimum atomic E-state index is -0.0847.